The molecule has 2 fully saturated rings. The molecule has 18 heavy (non-hydrogen) atoms. The van der Waals surface area contributed by atoms with Gasteiger partial charge in [-0.15, -0.1) is 0 Å². The van der Waals surface area contributed by atoms with Crippen LogP contribution in [0.15, 0.2) is 18.2 Å². The summed E-state index contributed by atoms with van der Waals surface area (Å²) in [5.41, 5.74) is 2.36. The van der Waals surface area contributed by atoms with Gasteiger partial charge in [-0.2, -0.15) is 0 Å². The first-order valence-electron chi connectivity index (χ1n) is 6.48. The van der Waals surface area contributed by atoms with Gasteiger partial charge >= 0.3 is 0 Å². The zero-order valence-electron chi connectivity index (χ0n) is 11.0. The first-order valence-corrected chi connectivity index (χ1v) is 6.48. The molecule has 3 nitrogen and oxygen atoms in total. The van der Waals surface area contributed by atoms with E-state index < -0.39 is 0 Å². The molecular formula is C15H17NO2. The number of Topliss-reactive ketones (excluding diaryl/α,β-unsaturated/α-hetero) is 1. The van der Waals surface area contributed by atoms with Gasteiger partial charge in [-0.1, -0.05) is 6.07 Å². The monoisotopic (exact) mass is 243 g/mol. The molecule has 1 aromatic rings. The van der Waals surface area contributed by atoms with Gasteiger partial charge in [0.25, 0.3) is 0 Å². The maximum Gasteiger partial charge on any atom is 0.162 e. The molecular weight excluding hydrogens is 226 g/mol. The minimum atomic E-state index is -0.292. The van der Waals surface area contributed by atoms with Crippen LogP contribution in [-0.2, 0) is 16.6 Å². The normalized spacial score (nSPS) is 43.4. The molecule has 0 N–H and O–H groups in total. The lowest BCUT2D eigenvalue weighted by atomic mass is 9.70. The van der Waals surface area contributed by atoms with Crippen molar-refractivity contribution in [3.8, 4) is 5.75 Å². The molecule has 1 saturated heterocycles. The maximum absolute atomic E-state index is 12.6. The van der Waals surface area contributed by atoms with E-state index >= 15 is 0 Å². The van der Waals surface area contributed by atoms with Gasteiger partial charge in [0.1, 0.15) is 5.75 Å². The van der Waals surface area contributed by atoms with Crippen LogP contribution in [0, 0.1) is 0 Å². The fraction of sp³-hybridized carbons (Fsp3) is 0.533. The second kappa shape index (κ2) is 2.80. The molecule has 1 saturated carbocycles. The number of piperidine rings is 1. The second-order valence-electron chi connectivity index (χ2n) is 6.19. The Morgan fingerprint density at radius 1 is 1.44 bits per heavy atom. The number of likely N-dealkylation sites (N-methyl/N-ethyl adjacent to an activating group) is 1. The van der Waals surface area contributed by atoms with Gasteiger partial charge in [-0.25, -0.2) is 0 Å². The molecule has 2 bridgehead atoms. The number of rotatable bonds is 1. The van der Waals surface area contributed by atoms with E-state index in [1.807, 2.05) is 6.07 Å². The average Bonchev–Trinajstić information content (AvgIpc) is 2.83. The predicted octanol–water partition coefficient (Wildman–Crippen LogP) is 1.53. The van der Waals surface area contributed by atoms with E-state index in [1.54, 1.807) is 7.11 Å². The van der Waals surface area contributed by atoms with E-state index in [0.717, 1.165) is 18.6 Å². The van der Waals surface area contributed by atoms with Gasteiger partial charge in [-0.3, -0.25) is 9.69 Å². The Labute approximate surface area is 107 Å². The quantitative estimate of drug-likeness (QED) is 0.701. The number of ketones is 1. The van der Waals surface area contributed by atoms with Crippen molar-refractivity contribution in [3.63, 3.8) is 0 Å². The van der Waals surface area contributed by atoms with Crippen LogP contribution < -0.4 is 4.74 Å². The van der Waals surface area contributed by atoms with E-state index in [1.165, 1.54) is 11.1 Å². The number of fused-ring (bicyclic) bond motifs is 3. The summed E-state index contributed by atoms with van der Waals surface area (Å²) in [5, 5.41) is 0. The van der Waals surface area contributed by atoms with Gasteiger partial charge < -0.3 is 4.74 Å². The SMILES string of the molecule is COc1ccc2c(c1)C1(C)CC3(C2)C(C1=O)N3C. The molecule has 4 atom stereocenters. The lowest BCUT2D eigenvalue weighted by Crippen LogP contribution is -2.40. The van der Waals surface area contributed by atoms with Gasteiger partial charge in [0, 0.05) is 5.54 Å². The first-order chi connectivity index (χ1) is 8.53. The molecule has 94 valence electrons. The fourth-order valence-corrected chi connectivity index (χ4v) is 4.36. The van der Waals surface area contributed by atoms with Crippen LogP contribution in [0.2, 0.25) is 0 Å². The highest BCUT2D eigenvalue weighted by molar-refractivity contribution is 6.03. The summed E-state index contributed by atoms with van der Waals surface area (Å²) in [7, 11) is 3.76. The summed E-state index contributed by atoms with van der Waals surface area (Å²) in [6.07, 6.45) is 1.98. The largest absolute Gasteiger partial charge is 0.497 e. The van der Waals surface area contributed by atoms with Crippen molar-refractivity contribution in [2.75, 3.05) is 14.2 Å². The lowest BCUT2D eigenvalue weighted by molar-refractivity contribution is -0.123. The van der Waals surface area contributed by atoms with E-state index in [9.17, 15) is 4.79 Å². The second-order valence-corrected chi connectivity index (χ2v) is 6.19. The molecule has 1 aliphatic heterocycles. The highest BCUT2D eigenvalue weighted by Gasteiger charge is 2.76. The average molecular weight is 243 g/mol. The topological polar surface area (TPSA) is 29.3 Å². The zero-order valence-corrected chi connectivity index (χ0v) is 11.0. The molecule has 4 unspecified atom stereocenters. The van der Waals surface area contributed by atoms with Crippen LogP contribution in [0.5, 0.6) is 5.75 Å². The number of benzene rings is 1. The molecule has 1 spiro atoms. The minimum Gasteiger partial charge on any atom is -0.497 e. The summed E-state index contributed by atoms with van der Waals surface area (Å²) in [4.78, 5) is 14.9. The van der Waals surface area contributed by atoms with Crippen LogP contribution in [0.3, 0.4) is 0 Å². The number of ether oxygens (including phenoxy) is 1. The summed E-state index contributed by atoms with van der Waals surface area (Å²) in [5.74, 6) is 1.25. The third kappa shape index (κ3) is 0.914. The zero-order chi connectivity index (χ0) is 12.7. The molecule has 0 radical (unpaired) electrons. The van der Waals surface area contributed by atoms with Crippen LogP contribution in [0.25, 0.3) is 0 Å². The van der Waals surface area contributed by atoms with E-state index in [4.69, 9.17) is 4.74 Å². The highest BCUT2D eigenvalue weighted by Crippen LogP contribution is 2.63. The Balaban J connectivity index is 1.93. The Kier molecular flexibility index (Phi) is 1.64. The smallest absolute Gasteiger partial charge is 0.162 e. The van der Waals surface area contributed by atoms with Crippen LogP contribution in [-0.4, -0.2) is 36.4 Å². The molecule has 4 rings (SSSR count). The number of nitrogens with zero attached hydrogens (tertiary/aromatic N) is 1. The molecule has 0 aromatic heterocycles. The summed E-state index contributed by atoms with van der Waals surface area (Å²) in [6, 6.07) is 6.35. The van der Waals surface area contributed by atoms with Crippen LogP contribution in [0.4, 0.5) is 0 Å². The van der Waals surface area contributed by atoms with Crippen molar-refractivity contribution in [1.29, 1.82) is 0 Å². The Morgan fingerprint density at radius 3 is 2.94 bits per heavy atom. The number of hydrogen-bond donors (Lipinski definition) is 0. The number of likely N-dealkylation sites (tertiary alicyclic amines) is 1. The number of carbonyl (C=O) groups is 1. The Hall–Kier alpha value is -1.35. The predicted molar refractivity (Wildman–Crippen MR) is 68.0 cm³/mol. The first kappa shape index (κ1) is 10.6. The standard InChI is InChI=1S/C15H17NO2/c1-14-8-15(12(13(14)17)16(15)2)7-9-4-5-10(18-3)6-11(9)14/h4-6,12H,7-8H2,1-3H3. The fourth-order valence-electron chi connectivity index (χ4n) is 4.36. The minimum absolute atomic E-state index is 0.132. The van der Waals surface area contributed by atoms with E-state index in [2.05, 4.69) is 31.0 Å². The van der Waals surface area contributed by atoms with Crippen molar-refractivity contribution >= 4 is 5.78 Å². The van der Waals surface area contributed by atoms with E-state index in [-0.39, 0.29) is 17.0 Å². The van der Waals surface area contributed by atoms with Crippen LogP contribution in [0.1, 0.15) is 24.5 Å². The number of hydrogen-bond acceptors (Lipinski definition) is 3. The Bertz CT molecular complexity index is 582. The van der Waals surface area contributed by atoms with E-state index in [0.29, 0.717) is 5.78 Å². The van der Waals surface area contributed by atoms with Gasteiger partial charge in [0.15, 0.2) is 5.78 Å². The summed E-state index contributed by atoms with van der Waals surface area (Å²) >= 11 is 0. The van der Waals surface area contributed by atoms with Crippen LogP contribution >= 0.6 is 0 Å². The summed E-state index contributed by atoms with van der Waals surface area (Å²) in [6.45, 7) is 2.11. The highest BCUT2D eigenvalue weighted by atomic mass is 16.5. The molecule has 0 amide bonds. The Morgan fingerprint density at radius 2 is 2.22 bits per heavy atom. The third-order valence-electron chi connectivity index (χ3n) is 5.39. The molecule has 2 aliphatic carbocycles. The van der Waals surface area contributed by atoms with Gasteiger partial charge in [0.2, 0.25) is 0 Å². The molecule has 1 heterocycles. The van der Waals surface area contributed by atoms with Crippen molar-refractivity contribution in [2.24, 2.45) is 0 Å². The summed E-state index contributed by atoms with van der Waals surface area (Å²) < 4.78 is 5.30. The third-order valence-corrected chi connectivity index (χ3v) is 5.39. The molecule has 1 aromatic carbocycles. The number of carbonyl (C=O) groups excluding carboxylic acids is 1. The van der Waals surface area contributed by atoms with Crippen molar-refractivity contribution in [1.82, 2.24) is 4.90 Å². The molecule has 3 heteroatoms. The van der Waals surface area contributed by atoms with Crippen molar-refractivity contribution in [2.45, 2.75) is 36.8 Å². The van der Waals surface area contributed by atoms with Crippen molar-refractivity contribution in [3.05, 3.63) is 29.3 Å². The number of methoxy groups -OCH3 is 1. The maximum atomic E-state index is 12.6. The van der Waals surface area contributed by atoms with Gasteiger partial charge in [0.05, 0.1) is 18.6 Å². The van der Waals surface area contributed by atoms with Crippen molar-refractivity contribution < 1.29 is 9.53 Å². The molecule has 3 aliphatic rings. The lowest BCUT2D eigenvalue weighted by Gasteiger charge is -2.35. The van der Waals surface area contributed by atoms with Gasteiger partial charge in [-0.05, 0) is 50.1 Å².